The van der Waals surface area contributed by atoms with Crippen LogP contribution < -0.4 is 5.32 Å². The van der Waals surface area contributed by atoms with E-state index < -0.39 is 0 Å². The van der Waals surface area contributed by atoms with Crippen LogP contribution in [0, 0.1) is 13.8 Å². The lowest BCUT2D eigenvalue weighted by molar-refractivity contribution is 0.0942. The van der Waals surface area contributed by atoms with Gasteiger partial charge in [0.1, 0.15) is 11.5 Å². The average molecular weight is 309 g/mol. The van der Waals surface area contributed by atoms with Crippen LogP contribution >= 0.6 is 0 Å². The number of rotatable bonds is 5. The van der Waals surface area contributed by atoms with Gasteiger partial charge in [0.15, 0.2) is 0 Å². The molecule has 0 radical (unpaired) electrons. The van der Waals surface area contributed by atoms with E-state index in [0.29, 0.717) is 18.8 Å². The van der Waals surface area contributed by atoms with E-state index in [1.165, 1.54) is 0 Å². The van der Waals surface area contributed by atoms with Gasteiger partial charge < -0.3 is 14.4 Å². The quantitative estimate of drug-likeness (QED) is 0.788. The maximum absolute atomic E-state index is 12.5. The Morgan fingerprint density at radius 2 is 1.96 bits per heavy atom. The van der Waals surface area contributed by atoms with Crippen LogP contribution in [0.5, 0.6) is 0 Å². The molecule has 0 aliphatic heterocycles. The zero-order valence-corrected chi connectivity index (χ0v) is 13.2. The van der Waals surface area contributed by atoms with Crippen LogP contribution in [0.4, 0.5) is 0 Å². The highest BCUT2D eigenvalue weighted by Gasteiger charge is 2.14. The Bertz CT molecular complexity index is 783. The molecule has 0 atom stereocenters. The third-order valence-corrected chi connectivity index (χ3v) is 3.86. The second-order valence-corrected chi connectivity index (χ2v) is 5.49. The topological polar surface area (TPSA) is 60.1 Å². The Kier molecular flexibility index (Phi) is 4.28. The molecule has 3 rings (SSSR count). The zero-order chi connectivity index (χ0) is 16.2. The molecule has 0 bridgehead atoms. The second kappa shape index (κ2) is 6.52. The van der Waals surface area contributed by atoms with Gasteiger partial charge in [0.25, 0.3) is 5.91 Å². The number of nitrogens with zero attached hydrogens (tertiary/aromatic N) is 2. The van der Waals surface area contributed by atoms with E-state index in [9.17, 15) is 4.79 Å². The second-order valence-electron chi connectivity index (χ2n) is 5.49. The van der Waals surface area contributed by atoms with Gasteiger partial charge in [-0.15, -0.1) is 0 Å². The summed E-state index contributed by atoms with van der Waals surface area (Å²) in [6.07, 6.45) is 1.91. The fraction of sp³-hybridized carbons (Fsp3) is 0.222. The lowest BCUT2D eigenvalue weighted by Gasteiger charge is -2.10. The van der Waals surface area contributed by atoms with Crippen LogP contribution in [0.3, 0.4) is 0 Å². The summed E-state index contributed by atoms with van der Waals surface area (Å²) in [4.78, 5) is 12.5. The van der Waals surface area contributed by atoms with Crippen molar-refractivity contribution in [1.29, 1.82) is 0 Å². The average Bonchev–Trinajstić information content (AvgIpc) is 3.14. The van der Waals surface area contributed by atoms with E-state index in [2.05, 4.69) is 10.5 Å². The van der Waals surface area contributed by atoms with Crippen molar-refractivity contribution in [1.82, 2.24) is 15.0 Å². The van der Waals surface area contributed by atoms with Crippen molar-refractivity contribution in [2.75, 3.05) is 0 Å². The zero-order valence-electron chi connectivity index (χ0n) is 13.2. The number of hydrogen-bond acceptors (Lipinski definition) is 3. The molecule has 0 saturated heterocycles. The number of nitrogens with one attached hydrogen (secondary N) is 1. The normalized spacial score (nSPS) is 10.7. The van der Waals surface area contributed by atoms with Crippen molar-refractivity contribution in [3.63, 3.8) is 0 Å². The smallest absolute Gasteiger partial charge is 0.268 e. The Balaban J connectivity index is 1.70. The summed E-state index contributed by atoms with van der Waals surface area (Å²) >= 11 is 0. The first-order chi connectivity index (χ1) is 11.1. The summed E-state index contributed by atoms with van der Waals surface area (Å²) in [5.41, 5.74) is 3.53. The van der Waals surface area contributed by atoms with Crippen molar-refractivity contribution in [2.24, 2.45) is 0 Å². The molecule has 3 aromatic rings. The van der Waals surface area contributed by atoms with Crippen molar-refractivity contribution < 1.29 is 9.32 Å². The predicted octanol–water partition coefficient (Wildman–Crippen LogP) is 3.07. The van der Waals surface area contributed by atoms with Crippen LogP contribution in [0.15, 0.2) is 53.2 Å². The van der Waals surface area contributed by atoms with E-state index in [4.69, 9.17) is 4.52 Å². The first-order valence-electron chi connectivity index (χ1n) is 7.54. The van der Waals surface area contributed by atoms with Crippen LogP contribution in [-0.2, 0) is 13.1 Å². The summed E-state index contributed by atoms with van der Waals surface area (Å²) in [5, 5.41) is 6.83. The van der Waals surface area contributed by atoms with Crippen LogP contribution in [0.1, 0.15) is 33.1 Å². The molecule has 0 aliphatic rings. The number of amides is 1. The third kappa shape index (κ3) is 3.34. The van der Waals surface area contributed by atoms with Gasteiger partial charge >= 0.3 is 0 Å². The van der Waals surface area contributed by atoms with Crippen molar-refractivity contribution >= 4 is 5.91 Å². The van der Waals surface area contributed by atoms with Gasteiger partial charge in [-0.25, -0.2) is 0 Å². The minimum Gasteiger partial charge on any atom is -0.361 e. The van der Waals surface area contributed by atoms with E-state index in [1.807, 2.05) is 67.1 Å². The molecule has 23 heavy (non-hydrogen) atoms. The molecule has 1 aromatic carbocycles. The van der Waals surface area contributed by atoms with E-state index in [-0.39, 0.29) is 5.91 Å². The van der Waals surface area contributed by atoms with Crippen LogP contribution in [0.2, 0.25) is 0 Å². The van der Waals surface area contributed by atoms with Crippen LogP contribution in [-0.4, -0.2) is 15.6 Å². The predicted molar refractivity (Wildman–Crippen MR) is 87.1 cm³/mol. The molecule has 5 nitrogen and oxygen atoms in total. The molecule has 1 N–H and O–H groups in total. The monoisotopic (exact) mass is 309 g/mol. The van der Waals surface area contributed by atoms with Gasteiger partial charge in [-0.05, 0) is 31.5 Å². The molecule has 0 fully saturated rings. The highest BCUT2D eigenvalue weighted by atomic mass is 16.5. The Labute approximate surface area is 134 Å². The number of benzene rings is 1. The van der Waals surface area contributed by atoms with E-state index in [0.717, 1.165) is 22.6 Å². The van der Waals surface area contributed by atoms with Crippen molar-refractivity contribution in [3.05, 3.63) is 76.9 Å². The van der Waals surface area contributed by atoms with Gasteiger partial charge in [-0.2, -0.15) is 0 Å². The van der Waals surface area contributed by atoms with Gasteiger partial charge in [0.2, 0.25) is 0 Å². The summed E-state index contributed by atoms with van der Waals surface area (Å²) < 4.78 is 7.06. The Morgan fingerprint density at radius 1 is 1.17 bits per heavy atom. The number of carbonyl (C=O) groups is 1. The third-order valence-electron chi connectivity index (χ3n) is 3.86. The van der Waals surface area contributed by atoms with E-state index in [1.54, 1.807) is 0 Å². The molecular formula is C18H19N3O2. The summed E-state index contributed by atoms with van der Waals surface area (Å²) in [6.45, 7) is 4.80. The molecule has 118 valence electrons. The Hall–Kier alpha value is -2.82. The maximum atomic E-state index is 12.5. The highest BCUT2D eigenvalue weighted by Crippen LogP contribution is 2.12. The van der Waals surface area contributed by atoms with Gasteiger partial charge in [0.05, 0.1) is 5.69 Å². The molecule has 0 saturated carbocycles. The van der Waals surface area contributed by atoms with Gasteiger partial charge in [0, 0.05) is 24.8 Å². The molecule has 2 heterocycles. The first-order valence-corrected chi connectivity index (χ1v) is 7.54. The summed E-state index contributed by atoms with van der Waals surface area (Å²) in [7, 11) is 0. The summed E-state index contributed by atoms with van der Waals surface area (Å²) in [6, 6.07) is 13.8. The fourth-order valence-electron chi connectivity index (χ4n) is 2.55. The number of aryl methyl sites for hydroxylation is 2. The maximum Gasteiger partial charge on any atom is 0.268 e. The molecule has 0 aliphatic carbocycles. The molecular weight excluding hydrogens is 290 g/mol. The minimum absolute atomic E-state index is 0.106. The highest BCUT2D eigenvalue weighted by molar-refractivity contribution is 5.92. The molecule has 0 unspecified atom stereocenters. The lowest BCUT2D eigenvalue weighted by atomic mass is 10.2. The van der Waals surface area contributed by atoms with E-state index >= 15 is 0 Å². The molecule has 1 amide bonds. The SMILES string of the molecule is Cc1noc(C)c1CNC(=O)c1cccn1Cc1ccccc1. The molecule has 0 spiro atoms. The Morgan fingerprint density at radius 3 is 2.65 bits per heavy atom. The van der Waals surface area contributed by atoms with Gasteiger partial charge in [-0.1, -0.05) is 35.5 Å². The van der Waals surface area contributed by atoms with Crippen LogP contribution in [0.25, 0.3) is 0 Å². The summed E-state index contributed by atoms with van der Waals surface area (Å²) in [5.74, 6) is 0.633. The number of hydrogen-bond donors (Lipinski definition) is 1. The van der Waals surface area contributed by atoms with Crippen molar-refractivity contribution in [3.8, 4) is 0 Å². The first kappa shape index (κ1) is 15.1. The van der Waals surface area contributed by atoms with Gasteiger partial charge in [-0.3, -0.25) is 4.79 Å². The lowest BCUT2D eigenvalue weighted by Crippen LogP contribution is -2.26. The largest absolute Gasteiger partial charge is 0.361 e. The van der Waals surface area contributed by atoms with Crippen molar-refractivity contribution in [2.45, 2.75) is 26.9 Å². The standard InChI is InChI=1S/C18H19N3O2/c1-13-16(14(2)23-20-13)11-19-18(22)17-9-6-10-21(17)12-15-7-4-3-5-8-15/h3-10H,11-12H2,1-2H3,(H,19,22). The molecule has 5 heteroatoms. The number of carbonyl (C=O) groups excluding carboxylic acids is 1. The minimum atomic E-state index is -0.106. The fourth-order valence-corrected chi connectivity index (χ4v) is 2.55. The number of aromatic nitrogens is 2. The molecule has 2 aromatic heterocycles.